The van der Waals surface area contributed by atoms with Crippen molar-refractivity contribution in [2.45, 2.75) is 45.6 Å². The predicted molar refractivity (Wildman–Crippen MR) is 168 cm³/mol. The van der Waals surface area contributed by atoms with Crippen LogP contribution in [0.1, 0.15) is 61.8 Å². The fourth-order valence-corrected chi connectivity index (χ4v) is 5.50. The van der Waals surface area contributed by atoms with Gasteiger partial charge in [0, 0.05) is 12.1 Å². The maximum atomic E-state index is 14.2. The average molecular weight is 582 g/mol. The van der Waals surface area contributed by atoms with Crippen LogP contribution in [0.25, 0.3) is 27.7 Å². The molecule has 1 atom stereocenters. The van der Waals surface area contributed by atoms with E-state index in [4.69, 9.17) is 16.6 Å². The molecule has 0 saturated carbocycles. The highest BCUT2D eigenvalue weighted by molar-refractivity contribution is 6.30. The summed E-state index contributed by atoms with van der Waals surface area (Å²) < 4.78 is 15.6. The minimum absolute atomic E-state index is 0.0964. The summed E-state index contributed by atoms with van der Waals surface area (Å²) >= 11 is 6.16. The summed E-state index contributed by atoms with van der Waals surface area (Å²) in [5.41, 5.74) is 3.29. The number of aromatic nitrogens is 2. The summed E-state index contributed by atoms with van der Waals surface area (Å²) in [6.45, 7) is 4.59. The van der Waals surface area contributed by atoms with Crippen molar-refractivity contribution in [1.82, 2.24) is 14.5 Å². The Labute approximate surface area is 250 Å². The van der Waals surface area contributed by atoms with E-state index in [9.17, 15) is 14.0 Å². The fourth-order valence-electron chi connectivity index (χ4n) is 5.32. The van der Waals surface area contributed by atoms with Gasteiger partial charge in [0.2, 0.25) is 0 Å². The molecular weight excluding hydrogens is 549 g/mol. The number of halogens is 2. The van der Waals surface area contributed by atoms with Crippen molar-refractivity contribution in [3.05, 3.63) is 130 Å². The summed E-state index contributed by atoms with van der Waals surface area (Å²) in [7, 11) is 0. The van der Waals surface area contributed by atoms with Crippen LogP contribution in [0.2, 0.25) is 5.02 Å². The first-order valence-corrected chi connectivity index (χ1v) is 14.7. The topological polar surface area (TPSA) is 55.2 Å². The third kappa shape index (κ3) is 6.00. The van der Waals surface area contributed by atoms with E-state index >= 15 is 0 Å². The van der Waals surface area contributed by atoms with Crippen molar-refractivity contribution in [2.24, 2.45) is 0 Å². The first kappa shape index (κ1) is 29.2. The summed E-state index contributed by atoms with van der Waals surface area (Å²) in [6, 6.07) is 28.4. The van der Waals surface area contributed by atoms with Crippen molar-refractivity contribution in [3.8, 4) is 16.8 Å². The van der Waals surface area contributed by atoms with E-state index in [0.717, 1.165) is 30.4 Å². The fraction of sp³-hybridized carbons (Fsp3) is 0.229. The zero-order valence-electron chi connectivity index (χ0n) is 23.8. The summed E-state index contributed by atoms with van der Waals surface area (Å²) in [5, 5.41) is 0.331. The minimum Gasteiger partial charge on any atom is -0.328 e. The summed E-state index contributed by atoms with van der Waals surface area (Å²) in [4.78, 5) is 34.9. The van der Waals surface area contributed by atoms with E-state index in [1.165, 1.54) is 22.8 Å². The summed E-state index contributed by atoms with van der Waals surface area (Å²) in [5.74, 6) is -0.301. The normalized spacial score (nSPS) is 11.9. The van der Waals surface area contributed by atoms with Crippen LogP contribution < -0.4 is 5.56 Å². The maximum Gasteiger partial charge on any atom is 0.266 e. The number of fused-ring (bicyclic) bond motifs is 1. The molecule has 0 aliphatic rings. The van der Waals surface area contributed by atoms with Gasteiger partial charge >= 0.3 is 0 Å². The summed E-state index contributed by atoms with van der Waals surface area (Å²) in [6.07, 6.45) is 3.27. The van der Waals surface area contributed by atoms with Crippen LogP contribution in [0, 0.1) is 5.82 Å². The zero-order chi connectivity index (χ0) is 29.6. The van der Waals surface area contributed by atoms with Gasteiger partial charge in [-0.1, -0.05) is 92.9 Å². The lowest BCUT2D eigenvalue weighted by atomic mass is 10.0. The van der Waals surface area contributed by atoms with Gasteiger partial charge in [0.1, 0.15) is 11.6 Å². The molecule has 1 amide bonds. The Kier molecular flexibility index (Phi) is 9.13. The Bertz CT molecular complexity index is 1750. The molecule has 0 radical (unpaired) electrons. The number of amides is 1. The number of hydrogen-bond donors (Lipinski definition) is 0. The lowest BCUT2D eigenvalue weighted by molar-refractivity contribution is 0.0655. The predicted octanol–water partition coefficient (Wildman–Crippen LogP) is 8.63. The molecule has 214 valence electrons. The van der Waals surface area contributed by atoms with Gasteiger partial charge in [-0.15, -0.1) is 0 Å². The molecule has 1 aromatic heterocycles. The Hall–Kier alpha value is -4.29. The highest BCUT2D eigenvalue weighted by Gasteiger charge is 2.30. The third-order valence-electron chi connectivity index (χ3n) is 7.53. The van der Waals surface area contributed by atoms with Crippen LogP contribution in [-0.4, -0.2) is 26.9 Å². The van der Waals surface area contributed by atoms with E-state index in [2.05, 4.69) is 6.92 Å². The Balaban J connectivity index is 1.63. The van der Waals surface area contributed by atoms with E-state index in [1.54, 1.807) is 18.2 Å². The maximum absolute atomic E-state index is 14.2. The van der Waals surface area contributed by atoms with Gasteiger partial charge in [-0.3, -0.25) is 14.2 Å². The minimum atomic E-state index is -0.578. The zero-order valence-corrected chi connectivity index (χ0v) is 24.5. The van der Waals surface area contributed by atoms with Crippen molar-refractivity contribution in [3.63, 3.8) is 0 Å². The molecule has 0 aliphatic carbocycles. The molecule has 5 nitrogen and oxygen atoms in total. The quantitative estimate of drug-likeness (QED) is 0.155. The van der Waals surface area contributed by atoms with E-state index in [-0.39, 0.29) is 16.5 Å². The molecule has 1 unspecified atom stereocenters. The van der Waals surface area contributed by atoms with Crippen molar-refractivity contribution in [1.29, 1.82) is 0 Å². The van der Waals surface area contributed by atoms with Crippen LogP contribution in [0.3, 0.4) is 0 Å². The van der Waals surface area contributed by atoms with Gasteiger partial charge in [0.25, 0.3) is 11.5 Å². The number of hydrogen-bond acceptors (Lipinski definition) is 3. The van der Waals surface area contributed by atoms with Gasteiger partial charge in [-0.2, -0.15) is 0 Å². The van der Waals surface area contributed by atoms with E-state index < -0.39 is 11.9 Å². The van der Waals surface area contributed by atoms with Crippen molar-refractivity contribution >= 4 is 28.4 Å². The number of carbonyl (C=O) groups is 1. The first-order valence-electron chi connectivity index (χ1n) is 14.4. The van der Waals surface area contributed by atoms with Gasteiger partial charge < -0.3 is 4.90 Å². The molecule has 0 fully saturated rings. The van der Waals surface area contributed by atoms with Gasteiger partial charge in [-0.05, 0) is 66.4 Å². The van der Waals surface area contributed by atoms with Gasteiger partial charge in [-0.25, -0.2) is 9.37 Å². The number of para-hydroxylation sites is 1. The third-order valence-corrected chi connectivity index (χ3v) is 7.82. The molecule has 42 heavy (non-hydrogen) atoms. The smallest absolute Gasteiger partial charge is 0.266 e. The Morgan fingerprint density at radius 2 is 1.60 bits per heavy atom. The van der Waals surface area contributed by atoms with E-state index in [0.29, 0.717) is 40.9 Å². The number of nitrogens with zero attached hydrogens (tertiary/aromatic N) is 3. The van der Waals surface area contributed by atoms with Crippen molar-refractivity contribution in [2.75, 3.05) is 6.54 Å². The van der Waals surface area contributed by atoms with E-state index in [1.807, 2.05) is 72.5 Å². The largest absolute Gasteiger partial charge is 0.328 e. The highest BCUT2D eigenvalue weighted by Crippen LogP contribution is 2.30. The average Bonchev–Trinajstić information content (AvgIpc) is 3.02. The monoisotopic (exact) mass is 581 g/mol. The molecule has 0 aliphatic heterocycles. The molecule has 5 aromatic rings. The molecule has 0 N–H and O–H groups in total. The van der Waals surface area contributed by atoms with Crippen LogP contribution in [0.4, 0.5) is 4.39 Å². The second-order valence-electron chi connectivity index (χ2n) is 10.3. The molecule has 0 saturated heterocycles. The van der Waals surface area contributed by atoms with Crippen molar-refractivity contribution < 1.29 is 9.18 Å². The molecule has 5 rings (SSSR count). The van der Waals surface area contributed by atoms with Crippen LogP contribution in [0.15, 0.2) is 102 Å². The number of unbranched alkanes of at least 4 members (excludes halogenated alkanes) is 2. The molecular formula is C35H33ClFN3O2. The van der Waals surface area contributed by atoms with Crippen LogP contribution in [-0.2, 0) is 0 Å². The first-order chi connectivity index (χ1) is 20.4. The van der Waals surface area contributed by atoms with Gasteiger partial charge in [0.15, 0.2) is 0 Å². The Morgan fingerprint density at radius 3 is 2.29 bits per heavy atom. The lowest BCUT2D eigenvalue weighted by Crippen LogP contribution is -2.39. The van der Waals surface area contributed by atoms with Gasteiger partial charge in [0.05, 0.1) is 27.7 Å². The number of carbonyl (C=O) groups excluding carboxylic acids is 1. The second kappa shape index (κ2) is 13.1. The van der Waals surface area contributed by atoms with Crippen LogP contribution in [0.5, 0.6) is 0 Å². The molecule has 1 heterocycles. The Morgan fingerprint density at radius 1 is 0.905 bits per heavy atom. The molecule has 4 aromatic carbocycles. The SMILES string of the molecule is CCCCCN(C(=O)c1ccc(-c2ccccc2)cc1)C(CC)c1nc2ccccc2c(=O)n1-c1ccc(F)c(Cl)c1. The number of benzene rings is 4. The number of rotatable bonds is 10. The molecule has 0 bridgehead atoms. The lowest BCUT2D eigenvalue weighted by Gasteiger charge is -2.32. The molecule has 7 heteroatoms. The highest BCUT2D eigenvalue weighted by atomic mass is 35.5. The standard InChI is InChI=1S/C35H33ClFN3O2/c1-3-5-11-22-39(34(41)26-18-16-25(17-19-26)24-12-7-6-8-13-24)32(4-2)33-38-31-15-10-9-14-28(31)35(42)40(33)27-20-21-30(37)29(36)23-27/h6-10,12-21,23,32H,3-5,11,22H2,1-2H3. The molecule has 0 spiro atoms. The second-order valence-corrected chi connectivity index (χ2v) is 10.7. The van der Waals surface area contributed by atoms with Crippen LogP contribution >= 0.6 is 11.6 Å².